The number of thioether (sulfide) groups is 1. The molecule has 1 aromatic heterocycles. The molecule has 0 bridgehead atoms. The van der Waals surface area contributed by atoms with Crippen molar-refractivity contribution in [3.63, 3.8) is 0 Å². The molecule has 8 heteroatoms. The first-order valence-electron chi connectivity index (χ1n) is 4.36. The summed E-state index contributed by atoms with van der Waals surface area (Å²) in [5, 5.41) is 3.42. The van der Waals surface area contributed by atoms with Crippen LogP contribution in [-0.2, 0) is 0 Å². The van der Waals surface area contributed by atoms with Crippen molar-refractivity contribution in [1.29, 1.82) is 0 Å². The number of hydrogen-bond acceptors (Lipinski definition) is 4. The minimum atomic E-state index is -4.32. The highest BCUT2D eigenvalue weighted by atomic mass is 32.2. The number of aromatic amines is 1. The molecule has 17 heavy (non-hydrogen) atoms. The maximum atomic E-state index is 12.1. The zero-order valence-corrected chi connectivity index (χ0v) is 8.93. The molecular weight excluding hydrogens is 257 g/mol. The van der Waals surface area contributed by atoms with Gasteiger partial charge in [0.25, 0.3) is 0 Å². The third kappa shape index (κ3) is 3.13. The standard InChI is InChI=1S/C9H5F3N2O2S/c10-9(11,12)17-6-3-1-5(2-4-6)7-13-8(15)16-14-7/h1-4H,(H,13,14,15). The van der Waals surface area contributed by atoms with E-state index in [1.54, 1.807) is 0 Å². The maximum absolute atomic E-state index is 12.1. The van der Waals surface area contributed by atoms with Gasteiger partial charge in [-0.15, -0.1) is 0 Å². The van der Waals surface area contributed by atoms with Crippen molar-refractivity contribution in [3.05, 3.63) is 34.8 Å². The Labute approximate surface area is 96.8 Å². The van der Waals surface area contributed by atoms with Crippen molar-refractivity contribution >= 4 is 11.8 Å². The van der Waals surface area contributed by atoms with Crippen LogP contribution in [0.2, 0.25) is 0 Å². The van der Waals surface area contributed by atoms with Gasteiger partial charge in [-0.05, 0) is 23.9 Å². The fourth-order valence-corrected chi connectivity index (χ4v) is 1.71. The number of nitrogens with one attached hydrogen (secondary N) is 1. The molecule has 0 fully saturated rings. The summed E-state index contributed by atoms with van der Waals surface area (Å²) < 4.78 is 40.5. The van der Waals surface area contributed by atoms with Crippen LogP contribution in [0, 0.1) is 0 Å². The zero-order chi connectivity index (χ0) is 12.5. The molecule has 0 aliphatic heterocycles. The number of hydrogen-bond donors (Lipinski definition) is 1. The Balaban J connectivity index is 2.21. The maximum Gasteiger partial charge on any atom is 0.446 e. The van der Waals surface area contributed by atoms with Gasteiger partial charge < -0.3 is 0 Å². The van der Waals surface area contributed by atoms with E-state index in [0.29, 0.717) is 5.56 Å². The Morgan fingerprint density at radius 2 is 1.88 bits per heavy atom. The van der Waals surface area contributed by atoms with Crippen molar-refractivity contribution in [2.24, 2.45) is 0 Å². The second kappa shape index (κ2) is 4.28. The summed E-state index contributed by atoms with van der Waals surface area (Å²) in [5.74, 6) is -0.535. The van der Waals surface area contributed by atoms with Gasteiger partial charge >= 0.3 is 11.3 Å². The van der Waals surface area contributed by atoms with Crippen LogP contribution < -0.4 is 5.76 Å². The van der Waals surface area contributed by atoms with Crippen molar-refractivity contribution in [1.82, 2.24) is 10.1 Å². The van der Waals surface area contributed by atoms with Gasteiger partial charge in [0.05, 0.1) is 0 Å². The second-order valence-corrected chi connectivity index (χ2v) is 4.15. The van der Waals surface area contributed by atoms with Gasteiger partial charge in [0, 0.05) is 10.5 Å². The highest BCUT2D eigenvalue weighted by molar-refractivity contribution is 8.00. The fourth-order valence-electron chi connectivity index (χ4n) is 1.17. The molecule has 0 saturated heterocycles. The molecule has 0 amide bonds. The van der Waals surface area contributed by atoms with Crippen molar-refractivity contribution in [2.75, 3.05) is 0 Å². The number of benzene rings is 1. The van der Waals surface area contributed by atoms with Crippen LogP contribution in [0.3, 0.4) is 0 Å². The molecular formula is C9H5F3N2O2S. The van der Waals surface area contributed by atoms with Crippen LogP contribution in [0.25, 0.3) is 11.4 Å². The van der Waals surface area contributed by atoms with Gasteiger partial charge in [0.15, 0.2) is 5.82 Å². The molecule has 90 valence electrons. The third-order valence-corrected chi connectivity index (χ3v) is 2.54. The molecule has 1 heterocycles. The Morgan fingerprint density at radius 1 is 1.24 bits per heavy atom. The van der Waals surface area contributed by atoms with Crippen LogP contribution in [0.1, 0.15) is 0 Å². The summed E-state index contributed by atoms with van der Waals surface area (Å²) in [6, 6.07) is 5.42. The number of rotatable bonds is 2. The van der Waals surface area contributed by atoms with Crippen LogP contribution in [0.4, 0.5) is 13.2 Å². The smallest absolute Gasteiger partial charge is 0.296 e. The molecule has 1 aromatic carbocycles. The van der Waals surface area contributed by atoms with Gasteiger partial charge in [-0.2, -0.15) is 13.2 Å². The normalized spacial score (nSPS) is 11.7. The summed E-state index contributed by atoms with van der Waals surface area (Å²) in [5.41, 5.74) is -3.84. The first kappa shape index (κ1) is 11.8. The van der Waals surface area contributed by atoms with Gasteiger partial charge in [-0.25, -0.2) is 4.79 Å². The predicted octanol–water partition coefficient (Wildman–Crippen LogP) is 2.64. The molecule has 0 radical (unpaired) electrons. The van der Waals surface area contributed by atoms with Crippen LogP contribution in [0.15, 0.2) is 38.5 Å². The number of H-pyrrole nitrogens is 1. The molecule has 4 nitrogen and oxygen atoms in total. The summed E-state index contributed by atoms with van der Waals surface area (Å²) in [7, 11) is 0. The van der Waals surface area contributed by atoms with E-state index in [1.165, 1.54) is 24.3 Å². The number of aromatic nitrogens is 2. The van der Waals surface area contributed by atoms with E-state index in [0.717, 1.165) is 0 Å². The van der Waals surface area contributed by atoms with E-state index < -0.39 is 11.3 Å². The van der Waals surface area contributed by atoms with E-state index in [9.17, 15) is 18.0 Å². The van der Waals surface area contributed by atoms with Gasteiger partial charge in [-0.3, -0.25) is 9.51 Å². The van der Waals surface area contributed by atoms with Crippen molar-refractivity contribution < 1.29 is 17.7 Å². The van der Waals surface area contributed by atoms with Crippen molar-refractivity contribution in [3.8, 4) is 11.4 Å². The minimum absolute atomic E-state index is 0.0621. The Bertz CT molecular complexity index is 559. The first-order valence-corrected chi connectivity index (χ1v) is 5.18. The lowest BCUT2D eigenvalue weighted by Gasteiger charge is -2.05. The number of halogens is 3. The lowest BCUT2D eigenvalue weighted by atomic mass is 10.2. The van der Waals surface area contributed by atoms with Crippen LogP contribution in [0.5, 0.6) is 0 Å². The Kier molecular flexibility index (Phi) is 2.97. The molecule has 0 aliphatic rings. The lowest BCUT2D eigenvalue weighted by molar-refractivity contribution is -0.0328. The van der Waals surface area contributed by atoms with Gasteiger partial charge in [-0.1, -0.05) is 17.3 Å². The van der Waals surface area contributed by atoms with Gasteiger partial charge in [0.1, 0.15) is 0 Å². The van der Waals surface area contributed by atoms with E-state index >= 15 is 0 Å². The van der Waals surface area contributed by atoms with Gasteiger partial charge in [0.2, 0.25) is 0 Å². The monoisotopic (exact) mass is 262 g/mol. The molecule has 0 spiro atoms. The molecule has 1 N–H and O–H groups in total. The summed E-state index contributed by atoms with van der Waals surface area (Å²) >= 11 is -0.206. The first-order chi connectivity index (χ1) is 7.94. The summed E-state index contributed by atoms with van der Waals surface area (Å²) in [4.78, 5) is 13.0. The average Bonchev–Trinajstić information content (AvgIpc) is 2.63. The quantitative estimate of drug-likeness (QED) is 0.845. The lowest BCUT2D eigenvalue weighted by Crippen LogP contribution is -1.98. The predicted molar refractivity (Wildman–Crippen MR) is 54.5 cm³/mol. The van der Waals surface area contributed by atoms with E-state index in [1.807, 2.05) is 0 Å². The van der Waals surface area contributed by atoms with E-state index in [4.69, 9.17) is 0 Å². The molecule has 2 rings (SSSR count). The molecule has 0 unspecified atom stereocenters. The highest BCUT2D eigenvalue weighted by Gasteiger charge is 2.29. The minimum Gasteiger partial charge on any atom is -0.296 e. The van der Waals surface area contributed by atoms with Crippen LogP contribution in [-0.4, -0.2) is 15.6 Å². The molecule has 0 atom stereocenters. The highest BCUT2D eigenvalue weighted by Crippen LogP contribution is 2.37. The largest absolute Gasteiger partial charge is 0.446 e. The molecule has 0 aliphatic carbocycles. The Hall–Kier alpha value is -1.70. The number of alkyl halides is 3. The molecule has 0 saturated carbocycles. The summed E-state index contributed by atoms with van der Waals surface area (Å²) in [6.45, 7) is 0. The second-order valence-electron chi connectivity index (χ2n) is 3.02. The zero-order valence-electron chi connectivity index (χ0n) is 8.12. The van der Waals surface area contributed by atoms with E-state index in [-0.39, 0.29) is 22.5 Å². The third-order valence-electron chi connectivity index (χ3n) is 1.80. The number of nitrogens with zero attached hydrogens (tertiary/aromatic N) is 1. The SMILES string of the molecule is O=c1[nH]c(-c2ccc(SC(F)(F)F)cc2)no1. The fraction of sp³-hybridized carbons (Fsp3) is 0.111. The summed E-state index contributed by atoms with van der Waals surface area (Å²) in [6.07, 6.45) is 0. The van der Waals surface area contributed by atoms with Crippen molar-refractivity contribution in [2.45, 2.75) is 10.4 Å². The topological polar surface area (TPSA) is 58.9 Å². The van der Waals surface area contributed by atoms with E-state index in [2.05, 4.69) is 14.7 Å². The molecule has 2 aromatic rings. The average molecular weight is 262 g/mol. The van der Waals surface area contributed by atoms with Crippen LogP contribution >= 0.6 is 11.8 Å². The Morgan fingerprint density at radius 3 is 2.35 bits per heavy atom.